The normalized spacial score (nSPS) is 23.0. The molecule has 148 valence electrons. The standard InChI is InChI=1S/C20H20Cl3N3O2/c21-20(22,23)19(24-18(28)14-5-2-1-3-6-14)25-10-13-9-15(12-25)16-7-4-8-17(27)26(16)11-13/h1-8,13,15,19H,9-12H2,(H,24,28)/t13-,15-,19-/m0/s1. The van der Waals surface area contributed by atoms with Crippen LogP contribution in [0.25, 0.3) is 0 Å². The van der Waals surface area contributed by atoms with Gasteiger partial charge in [0.15, 0.2) is 0 Å². The fourth-order valence-corrected chi connectivity index (χ4v) is 4.90. The molecule has 5 nitrogen and oxygen atoms in total. The lowest BCUT2D eigenvalue weighted by atomic mass is 9.83. The predicted molar refractivity (Wildman–Crippen MR) is 111 cm³/mol. The number of piperidine rings is 1. The highest BCUT2D eigenvalue weighted by Crippen LogP contribution is 2.39. The molecule has 8 heteroatoms. The molecule has 3 heterocycles. The Labute approximate surface area is 178 Å². The maximum atomic E-state index is 12.7. The Bertz CT molecular complexity index is 926. The lowest BCUT2D eigenvalue weighted by Gasteiger charge is -2.47. The molecule has 28 heavy (non-hydrogen) atoms. The van der Waals surface area contributed by atoms with Gasteiger partial charge in [-0.25, -0.2) is 0 Å². The third-order valence-electron chi connectivity index (χ3n) is 5.49. The molecule has 2 bridgehead atoms. The van der Waals surface area contributed by atoms with E-state index in [0.29, 0.717) is 25.2 Å². The first-order chi connectivity index (χ1) is 13.3. The Morgan fingerprint density at radius 2 is 1.79 bits per heavy atom. The van der Waals surface area contributed by atoms with Gasteiger partial charge in [-0.2, -0.15) is 0 Å². The van der Waals surface area contributed by atoms with E-state index in [9.17, 15) is 9.59 Å². The number of alkyl halides is 3. The topological polar surface area (TPSA) is 54.3 Å². The second-order valence-corrected chi connectivity index (χ2v) is 9.80. The smallest absolute Gasteiger partial charge is 0.252 e. The number of benzene rings is 1. The Morgan fingerprint density at radius 1 is 1.04 bits per heavy atom. The van der Waals surface area contributed by atoms with Crippen molar-refractivity contribution in [3.63, 3.8) is 0 Å². The molecule has 4 rings (SSSR count). The minimum absolute atomic E-state index is 0.0240. The number of likely N-dealkylation sites (tertiary alicyclic amines) is 1. The van der Waals surface area contributed by atoms with Crippen molar-refractivity contribution in [2.24, 2.45) is 5.92 Å². The van der Waals surface area contributed by atoms with Crippen LogP contribution in [0.5, 0.6) is 0 Å². The van der Waals surface area contributed by atoms with Crippen molar-refractivity contribution in [1.82, 2.24) is 14.8 Å². The van der Waals surface area contributed by atoms with Crippen LogP contribution in [-0.4, -0.2) is 38.4 Å². The molecule has 0 spiro atoms. The van der Waals surface area contributed by atoms with Gasteiger partial charge in [-0.3, -0.25) is 14.5 Å². The molecule has 1 aromatic carbocycles. The van der Waals surface area contributed by atoms with E-state index < -0.39 is 9.96 Å². The lowest BCUT2D eigenvalue weighted by Crippen LogP contribution is -2.60. The monoisotopic (exact) mass is 439 g/mol. The largest absolute Gasteiger partial charge is 0.332 e. The second kappa shape index (κ2) is 7.71. The number of nitrogens with one attached hydrogen (secondary N) is 1. The van der Waals surface area contributed by atoms with E-state index in [1.807, 2.05) is 21.6 Å². The van der Waals surface area contributed by atoms with Crippen LogP contribution in [0.4, 0.5) is 0 Å². The van der Waals surface area contributed by atoms with Crippen molar-refractivity contribution in [3.8, 4) is 0 Å². The molecule has 3 atom stereocenters. The van der Waals surface area contributed by atoms with Crippen molar-refractivity contribution in [3.05, 3.63) is 70.1 Å². The number of hydrogen-bond donors (Lipinski definition) is 1. The Balaban J connectivity index is 1.59. The number of aromatic nitrogens is 1. The highest BCUT2D eigenvalue weighted by molar-refractivity contribution is 6.68. The molecule has 1 aromatic heterocycles. The molecule has 2 aliphatic rings. The Kier molecular flexibility index (Phi) is 5.45. The average Bonchev–Trinajstić information content (AvgIpc) is 2.66. The summed E-state index contributed by atoms with van der Waals surface area (Å²) in [6.07, 6.45) is 0.219. The van der Waals surface area contributed by atoms with Crippen molar-refractivity contribution in [1.29, 1.82) is 0 Å². The fourth-order valence-electron chi connectivity index (χ4n) is 4.32. The summed E-state index contributed by atoms with van der Waals surface area (Å²) < 4.78 is 0.162. The molecule has 2 aromatic rings. The molecule has 0 unspecified atom stereocenters. The highest BCUT2D eigenvalue weighted by Gasteiger charge is 2.44. The van der Waals surface area contributed by atoms with Gasteiger partial charge in [-0.15, -0.1) is 0 Å². The minimum atomic E-state index is -1.69. The summed E-state index contributed by atoms with van der Waals surface area (Å²) in [5.74, 6) is 0.129. The van der Waals surface area contributed by atoms with Gasteiger partial charge in [0.1, 0.15) is 6.17 Å². The molecule has 0 radical (unpaired) electrons. The summed E-state index contributed by atoms with van der Waals surface area (Å²) in [6.45, 7) is 1.89. The molecule has 0 aliphatic carbocycles. The number of halogens is 3. The van der Waals surface area contributed by atoms with E-state index in [1.54, 1.807) is 36.4 Å². The first-order valence-electron chi connectivity index (χ1n) is 9.19. The van der Waals surface area contributed by atoms with Crippen LogP contribution >= 0.6 is 34.8 Å². The maximum Gasteiger partial charge on any atom is 0.252 e. The quantitative estimate of drug-likeness (QED) is 0.744. The van der Waals surface area contributed by atoms with E-state index in [2.05, 4.69) is 5.32 Å². The van der Waals surface area contributed by atoms with Gasteiger partial charge >= 0.3 is 0 Å². The van der Waals surface area contributed by atoms with Crippen LogP contribution in [0.1, 0.15) is 28.4 Å². The van der Waals surface area contributed by atoms with Crippen molar-refractivity contribution < 1.29 is 4.79 Å². The molecule has 1 saturated heterocycles. The molecule has 1 fully saturated rings. The van der Waals surface area contributed by atoms with Crippen LogP contribution < -0.4 is 10.9 Å². The van der Waals surface area contributed by atoms with E-state index in [-0.39, 0.29) is 23.3 Å². The Hall–Kier alpha value is -1.53. The summed E-state index contributed by atoms with van der Waals surface area (Å²) >= 11 is 18.8. The SMILES string of the molecule is O=C(N[C@@H](N1C[C@@H]2C[C@@H](C1)c1cccc(=O)n1C2)C(Cl)(Cl)Cl)c1ccccc1. The second-order valence-electron chi connectivity index (χ2n) is 7.44. The maximum absolute atomic E-state index is 12.7. The van der Waals surface area contributed by atoms with Gasteiger partial charge in [0.25, 0.3) is 11.5 Å². The number of hydrogen-bond acceptors (Lipinski definition) is 3. The van der Waals surface area contributed by atoms with Gasteiger partial charge in [-0.05, 0) is 30.5 Å². The zero-order chi connectivity index (χ0) is 19.9. The van der Waals surface area contributed by atoms with Crippen LogP contribution in [0.3, 0.4) is 0 Å². The lowest BCUT2D eigenvalue weighted by molar-refractivity contribution is 0.0586. The van der Waals surface area contributed by atoms with Gasteiger partial charge in [0.05, 0.1) is 0 Å². The third-order valence-corrected chi connectivity index (χ3v) is 6.11. The van der Waals surface area contributed by atoms with E-state index >= 15 is 0 Å². The number of carbonyl (C=O) groups is 1. The zero-order valence-corrected chi connectivity index (χ0v) is 17.3. The van der Waals surface area contributed by atoms with Gasteiger partial charge in [-0.1, -0.05) is 59.1 Å². The molecule has 1 amide bonds. The molecule has 1 N–H and O–H groups in total. The summed E-state index contributed by atoms with van der Waals surface area (Å²) in [5.41, 5.74) is 1.54. The number of pyridine rings is 1. The van der Waals surface area contributed by atoms with Crippen LogP contribution in [0.15, 0.2) is 53.3 Å². The van der Waals surface area contributed by atoms with E-state index in [0.717, 1.165) is 12.1 Å². The molecular formula is C20H20Cl3N3O2. The van der Waals surface area contributed by atoms with Gasteiger partial charge < -0.3 is 9.88 Å². The highest BCUT2D eigenvalue weighted by atomic mass is 35.6. The van der Waals surface area contributed by atoms with Crippen molar-refractivity contribution >= 4 is 40.7 Å². The molecular weight excluding hydrogens is 421 g/mol. The summed E-state index contributed by atoms with van der Waals surface area (Å²) in [5, 5.41) is 2.89. The van der Waals surface area contributed by atoms with Crippen LogP contribution in [0, 0.1) is 5.92 Å². The van der Waals surface area contributed by atoms with Gasteiger partial charge in [0.2, 0.25) is 3.79 Å². The number of nitrogens with zero attached hydrogens (tertiary/aromatic N) is 2. The number of fused-ring (bicyclic) bond motifs is 4. The third kappa shape index (κ3) is 3.94. The molecule has 0 saturated carbocycles. The summed E-state index contributed by atoms with van der Waals surface area (Å²) in [4.78, 5) is 26.9. The minimum Gasteiger partial charge on any atom is -0.332 e. The number of rotatable bonds is 3. The van der Waals surface area contributed by atoms with Crippen LogP contribution in [-0.2, 0) is 6.54 Å². The first-order valence-corrected chi connectivity index (χ1v) is 10.3. The summed E-state index contributed by atoms with van der Waals surface area (Å²) in [7, 11) is 0. The van der Waals surface area contributed by atoms with Gasteiger partial charge in [0, 0.05) is 42.9 Å². The predicted octanol–water partition coefficient (Wildman–Crippen LogP) is 3.39. The summed E-state index contributed by atoms with van der Waals surface area (Å²) in [6, 6.07) is 14.2. The average molecular weight is 441 g/mol. The van der Waals surface area contributed by atoms with Crippen molar-refractivity contribution in [2.75, 3.05) is 13.1 Å². The number of carbonyl (C=O) groups excluding carboxylic acids is 1. The fraction of sp³-hybridized carbons (Fsp3) is 0.400. The first kappa shape index (κ1) is 19.8. The number of amides is 1. The van der Waals surface area contributed by atoms with E-state index in [1.165, 1.54) is 0 Å². The zero-order valence-electron chi connectivity index (χ0n) is 15.0. The Morgan fingerprint density at radius 3 is 2.50 bits per heavy atom. The van der Waals surface area contributed by atoms with Crippen LogP contribution in [0.2, 0.25) is 0 Å². The molecule has 2 aliphatic heterocycles. The van der Waals surface area contributed by atoms with E-state index in [4.69, 9.17) is 34.8 Å². The van der Waals surface area contributed by atoms with Crippen molar-refractivity contribution in [2.45, 2.75) is 28.8 Å².